The molecule has 1 fully saturated rings. The number of hydrogen-bond donors (Lipinski definition) is 3. The Hall–Kier alpha value is -3.06. The lowest BCUT2D eigenvalue weighted by Gasteiger charge is -2.40. The summed E-state index contributed by atoms with van der Waals surface area (Å²) in [5, 5.41) is 31.5. The molecule has 0 aliphatic carbocycles. The molecule has 6 atom stereocenters. The first-order chi connectivity index (χ1) is 37.6. The largest absolute Gasteiger partial charge is 0.479 e. The van der Waals surface area contributed by atoms with Crippen LogP contribution >= 0.6 is 0 Å². The Balaban J connectivity index is 2.62. The summed E-state index contributed by atoms with van der Waals surface area (Å²) in [5.41, 5.74) is 0. The lowest BCUT2D eigenvalue weighted by Crippen LogP contribution is -2.61. The Labute approximate surface area is 470 Å². The molecule has 448 valence electrons. The number of aliphatic carboxylic acids is 1. The highest BCUT2D eigenvalue weighted by Crippen LogP contribution is 2.27. The summed E-state index contributed by atoms with van der Waals surface area (Å²) in [6.45, 7) is 5.99. The number of aliphatic hydroxyl groups is 2. The highest BCUT2D eigenvalue weighted by Gasteiger charge is 2.50. The molecular weight excluding hydrogens is 973 g/mol. The average Bonchev–Trinajstić information content (AvgIpc) is 3.42. The predicted molar refractivity (Wildman–Crippen MR) is 313 cm³/mol. The summed E-state index contributed by atoms with van der Waals surface area (Å²) < 4.78 is 28.5. The number of carbonyl (C=O) groups is 4. The molecule has 77 heavy (non-hydrogen) atoms. The van der Waals surface area contributed by atoms with Crippen LogP contribution in [0.15, 0.2) is 36.5 Å². The second kappa shape index (κ2) is 53.6. The molecule has 1 aliphatic rings. The third-order valence-electron chi connectivity index (χ3n) is 14.7. The number of allylic oxidation sites excluding steroid dienone is 6. The minimum atomic E-state index is -1.90. The van der Waals surface area contributed by atoms with Gasteiger partial charge in [-0.15, -0.1) is 0 Å². The Morgan fingerprint density at radius 3 is 1.21 bits per heavy atom. The van der Waals surface area contributed by atoms with Crippen LogP contribution in [0.3, 0.4) is 0 Å². The number of rotatable bonds is 55. The topological polar surface area (TPSA) is 175 Å². The van der Waals surface area contributed by atoms with Crippen molar-refractivity contribution in [2.45, 2.75) is 340 Å². The molecule has 1 saturated heterocycles. The normalized spacial score (nSPS) is 18.2. The van der Waals surface area contributed by atoms with Crippen molar-refractivity contribution in [1.29, 1.82) is 0 Å². The number of carboxylic acids is 1. The quantitative estimate of drug-likeness (QED) is 0.0228. The molecule has 0 amide bonds. The third kappa shape index (κ3) is 43.4. The number of esters is 3. The van der Waals surface area contributed by atoms with Crippen LogP contribution in [-0.4, -0.2) is 89.2 Å². The van der Waals surface area contributed by atoms with E-state index in [1.54, 1.807) is 0 Å². The van der Waals surface area contributed by atoms with Crippen molar-refractivity contribution < 1.29 is 58.2 Å². The van der Waals surface area contributed by atoms with Gasteiger partial charge in [0.2, 0.25) is 0 Å². The van der Waals surface area contributed by atoms with E-state index in [0.717, 1.165) is 89.9 Å². The zero-order chi connectivity index (χ0) is 56.1. The van der Waals surface area contributed by atoms with E-state index >= 15 is 0 Å². The summed E-state index contributed by atoms with van der Waals surface area (Å²) in [7, 11) is 0. The number of unbranched alkanes of at least 4 members (excludes halogenated alkanes) is 35. The highest BCUT2D eigenvalue weighted by atomic mass is 16.7. The number of carboxylic acid groups (broad SMARTS) is 1. The molecule has 0 aromatic heterocycles. The first-order valence-electron chi connectivity index (χ1n) is 32.0. The Morgan fingerprint density at radius 2 is 0.779 bits per heavy atom. The summed E-state index contributed by atoms with van der Waals surface area (Å²) in [6.07, 6.45) is 51.1. The van der Waals surface area contributed by atoms with Gasteiger partial charge in [-0.1, -0.05) is 263 Å². The zero-order valence-electron chi connectivity index (χ0n) is 49.5. The number of carbonyl (C=O) groups excluding carboxylic acids is 3. The van der Waals surface area contributed by atoms with Crippen LogP contribution in [0.4, 0.5) is 0 Å². The molecule has 0 saturated carbocycles. The molecule has 12 nitrogen and oxygen atoms in total. The van der Waals surface area contributed by atoms with Gasteiger partial charge in [-0.25, -0.2) is 4.79 Å². The maximum atomic E-state index is 13.1. The van der Waals surface area contributed by atoms with E-state index in [0.29, 0.717) is 19.3 Å². The molecule has 1 rings (SSSR count). The predicted octanol–water partition coefficient (Wildman–Crippen LogP) is 16.8. The number of ether oxygens (including phenoxy) is 5. The molecular formula is C65H116O12. The number of aliphatic hydroxyl groups excluding tert-OH is 2. The van der Waals surface area contributed by atoms with Crippen LogP contribution in [0.25, 0.3) is 0 Å². The van der Waals surface area contributed by atoms with Crippen LogP contribution in [0, 0.1) is 0 Å². The molecule has 6 unspecified atom stereocenters. The first kappa shape index (κ1) is 72.0. The molecule has 1 heterocycles. The van der Waals surface area contributed by atoms with Gasteiger partial charge < -0.3 is 39.0 Å². The Bertz CT molecular complexity index is 1480. The van der Waals surface area contributed by atoms with Gasteiger partial charge in [0, 0.05) is 19.3 Å². The first-order valence-corrected chi connectivity index (χ1v) is 32.0. The molecule has 0 aromatic rings. The standard InChI is InChI=1S/C65H116O12/c1-4-7-10-13-16-19-22-24-26-28-29-31-33-35-38-41-44-47-50-53-59(68)76-63-61(70)60(69)62(64(71)72)77-65(63)74-55-56(75-58(67)52-49-46-43-40-36-21-18-15-12-9-6-3)54-73-57(66)51-48-45-42-39-37-34-32-30-27-25-23-20-17-14-11-8-5-2/h16,19,24,26,29,31,56,60-63,65,69-70H,4-15,17-18,20-23,25,27-28,30,32-55H2,1-3H3,(H,71,72)/b19-16-,26-24-,31-29-. The van der Waals surface area contributed by atoms with Gasteiger partial charge in [-0.05, 0) is 57.8 Å². The molecule has 3 N–H and O–H groups in total. The third-order valence-corrected chi connectivity index (χ3v) is 14.7. The highest BCUT2D eigenvalue weighted by molar-refractivity contribution is 5.74. The van der Waals surface area contributed by atoms with Gasteiger partial charge in [0.15, 0.2) is 24.6 Å². The van der Waals surface area contributed by atoms with Crippen LogP contribution < -0.4 is 0 Å². The molecule has 0 radical (unpaired) electrons. The second-order valence-corrected chi connectivity index (χ2v) is 22.1. The number of hydrogen-bond acceptors (Lipinski definition) is 11. The van der Waals surface area contributed by atoms with E-state index in [4.69, 9.17) is 23.7 Å². The van der Waals surface area contributed by atoms with Gasteiger partial charge in [0.05, 0.1) is 6.61 Å². The van der Waals surface area contributed by atoms with Crippen LogP contribution in [0.5, 0.6) is 0 Å². The average molecular weight is 1090 g/mol. The van der Waals surface area contributed by atoms with E-state index in [1.807, 2.05) is 0 Å². The monoisotopic (exact) mass is 1090 g/mol. The van der Waals surface area contributed by atoms with Gasteiger partial charge in [-0.2, -0.15) is 0 Å². The van der Waals surface area contributed by atoms with E-state index in [-0.39, 0.29) is 25.9 Å². The Morgan fingerprint density at radius 1 is 0.429 bits per heavy atom. The van der Waals surface area contributed by atoms with E-state index < -0.39 is 67.3 Å². The van der Waals surface area contributed by atoms with Gasteiger partial charge in [0.1, 0.15) is 18.8 Å². The van der Waals surface area contributed by atoms with E-state index in [9.17, 15) is 34.5 Å². The van der Waals surface area contributed by atoms with Crippen molar-refractivity contribution in [1.82, 2.24) is 0 Å². The molecule has 1 aliphatic heterocycles. The van der Waals surface area contributed by atoms with Crippen molar-refractivity contribution in [3.8, 4) is 0 Å². The van der Waals surface area contributed by atoms with Crippen molar-refractivity contribution in [3.63, 3.8) is 0 Å². The van der Waals surface area contributed by atoms with Gasteiger partial charge >= 0.3 is 23.9 Å². The fraction of sp³-hybridized carbons (Fsp3) is 0.846. The van der Waals surface area contributed by atoms with Crippen molar-refractivity contribution >= 4 is 23.9 Å². The summed E-state index contributed by atoms with van der Waals surface area (Å²) in [6, 6.07) is 0. The van der Waals surface area contributed by atoms with Gasteiger partial charge in [-0.3, -0.25) is 14.4 Å². The molecule has 0 aromatic carbocycles. The van der Waals surface area contributed by atoms with Crippen LogP contribution in [0.2, 0.25) is 0 Å². The maximum Gasteiger partial charge on any atom is 0.335 e. The SMILES string of the molecule is CCCCC/C=C\C/C=C\C/C=C\CCCCCCCCC(=O)OC1C(OCC(COC(=O)CCCCCCCCCCCCCCCCCCC)OC(=O)CCCCCCCCCCCCC)OC(C(=O)O)C(O)C1O. The Kier molecular flexibility index (Phi) is 50.1. The van der Waals surface area contributed by atoms with Crippen molar-refractivity contribution in [2.75, 3.05) is 13.2 Å². The lowest BCUT2D eigenvalue weighted by molar-refractivity contribution is -0.301. The van der Waals surface area contributed by atoms with Gasteiger partial charge in [0.25, 0.3) is 0 Å². The lowest BCUT2D eigenvalue weighted by atomic mass is 9.98. The van der Waals surface area contributed by atoms with Crippen molar-refractivity contribution in [2.24, 2.45) is 0 Å². The molecule has 12 heteroatoms. The summed E-state index contributed by atoms with van der Waals surface area (Å²) in [4.78, 5) is 51.2. The maximum absolute atomic E-state index is 13.1. The smallest absolute Gasteiger partial charge is 0.335 e. The second-order valence-electron chi connectivity index (χ2n) is 22.1. The summed E-state index contributed by atoms with van der Waals surface area (Å²) in [5.74, 6) is -3.10. The fourth-order valence-electron chi connectivity index (χ4n) is 9.79. The minimum Gasteiger partial charge on any atom is -0.479 e. The minimum absolute atomic E-state index is 0.0496. The van der Waals surface area contributed by atoms with Crippen LogP contribution in [0.1, 0.15) is 303 Å². The van der Waals surface area contributed by atoms with Crippen LogP contribution in [-0.2, 0) is 42.9 Å². The molecule has 0 bridgehead atoms. The fourth-order valence-corrected chi connectivity index (χ4v) is 9.79. The summed E-state index contributed by atoms with van der Waals surface area (Å²) >= 11 is 0. The molecule has 0 spiro atoms. The van der Waals surface area contributed by atoms with Crippen molar-refractivity contribution in [3.05, 3.63) is 36.5 Å². The van der Waals surface area contributed by atoms with E-state index in [1.165, 1.54) is 154 Å². The zero-order valence-corrected chi connectivity index (χ0v) is 49.5. The van der Waals surface area contributed by atoms with E-state index in [2.05, 4.69) is 57.2 Å².